The van der Waals surface area contributed by atoms with Crippen molar-refractivity contribution in [2.24, 2.45) is 0 Å². The average Bonchev–Trinajstić information content (AvgIpc) is 3.70. The van der Waals surface area contributed by atoms with Gasteiger partial charge in [0.1, 0.15) is 16.9 Å². The van der Waals surface area contributed by atoms with Crippen molar-refractivity contribution in [1.82, 2.24) is 4.57 Å². The van der Waals surface area contributed by atoms with Gasteiger partial charge in [0.05, 0.1) is 28.4 Å². The summed E-state index contributed by atoms with van der Waals surface area (Å²) in [7, 11) is 0. The third kappa shape index (κ3) is 3.03. The monoisotopic (exact) mass is 526 g/mol. The Balaban J connectivity index is 1.36. The lowest BCUT2D eigenvalue weighted by atomic mass is 9.96. The number of rotatable bonds is 2. The lowest BCUT2D eigenvalue weighted by molar-refractivity contribution is 0.547. The number of allylic oxidation sites excluding steroid dienone is 1. The molecule has 41 heavy (non-hydrogen) atoms. The average molecular weight is 527 g/mol. The molecular formula is C37H22N2O2. The molecule has 0 amide bonds. The number of aromatic nitrogens is 1. The molecule has 192 valence electrons. The molecular weight excluding hydrogens is 504 g/mol. The number of benzene rings is 5. The molecule has 0 saturated carbocycles. The molecule has 0 N–H and O–H groups in total. The van der Waals surface area contributed by atoms with Crippen molar-refractivity contribution in [1.29, 1.82) is 5.26 Å². The van der Waals surface area contributed by atoms with Crippen LogP contribution in [0.2, 0.25) is 0 Å². The minimum atomic E-state index is 0.629. The first-order valence-electron chi connectivity index (χ1n) is 13.9. The Morgan fingerprint density at radius 2 is 1.49 bits per heavy atom. The Bertz CT molecular complexity index is 2440. The molecule has 4 nitrogen and oxygen atoms in total. The van der Waals surface area contributed by atoms with Crippen molar-refractivity contribution < 1.29 is 8.83 Å². The normalized spacial score (nSPS) is 13.0. The van der Waals surface area contributed by atoms with E-state index in [2.05, 4.69) is 95.6 Å². The standard InChI is InChI=1S/C37H22N2O2/c38-21-22-18-19-24-23-8-1-3-14-30(23)39(32(24)20-22)31-15-6-13-29-35-26(10-7-17-34(35)41-37(29)31)28-12-5-11-27-25-9-2-4-16-33(25)40-36(27)28/h1-3,5-15,17-20H,4,16H2. The highest BCUT2D eigenvalue weighted by atomic mass is 16.3. The third-order valence-electron chi connectivity index (χ3n) is 8.49. The number of hydrogen-bond donors (Lipinski definition) is 0. The first-order chi connectivity index (χ1) is 20.3. The van der Waals surface area contributed by atoms with Crippen LogP contribution in [0.1, 0.15) is 23.3 Å². The van der Waals surface area contributed by atoms with Gasteiger partial charge in [0.15, 0.2) is 5.58 Å². The van der Waals surface area contributed by atoms with Gasteiger partial charge in [0, 0.05) is 44.5 Å². The van der Waals surface area contributed by atoms with E-state index in [4.69, 9.17) is 8.83 Å². The molecule has 0 bridgehead atoms. The number of aryl methyl sites for hydroxylation is 1. The molecule has 0 saturated heterocycles. The van der Waals surface area contributed by atoms with Crippen LogP contribution in [0.5, 0.6) is 0 Å². The van der Waals surface area contributed by atoms with Crippen LogP contribution < -0.4 is 0 Å². The molecule has 0 spiro atoms. The maximum Gasteiger partial charge on any atom is 0.159 e. The second-order valence-electron chi connectivity index (χ2n) is 10.7. The molecule has 1 aliphatic carbocycles. The van der Waals surface area contributed by atoms with Gasteiger partial charge in [-0.2, -0.15) is 5.26 Å². The molecule has 1 aliphatic rings. The molecule has 4 heteroatoms. The minimum Gasteiger partial charge on any atom is -0.460 e. The van der Waals surface area contributed by atoms with Crippen LogP contribution in [0, 0.1) is 11.3 Å². The molecule has 0 atom stereocenters. The van der Waals surface area contributed by atoms with Crippen LogP contribution in [-0.4, -0.2) is 4.57 Å². The molecule has 0 radical (unpaired) electrons. The SMILES string of the molecule is N#Cc1ccc2c3ccccc3n(-c3cccc4c3oc3cccc(-c5cccc6c7c(oc56)CCC=C7)c34)c2c1. The predicted octanol–water partition coefficient (Wildman–Crippen LogP) is 9.93. The van der Waals surface area contributed by atoms with E-state index in [0.717, 1.165) is 90.1 Å². The Morgan fingerprint density at radius 1 is 0.683 bits per heavy atom. The van der Waals surface area contributed by atoms with E-state index in [-0.39, 0.29) is 0 Å². The molecule has 0 fully saturated rings. The zero-order chi connectivity index (χ0) is 27.1. The maximum atomic E-state index is 9.68. The summed E-state index contributed by atoms with van der Waals surface area (Å²) in [6.45, 7) is 0. The molecule has 8 aromatic rings. The van der Waals surface area contributed by atoms with E-state index in [1.165, 1.54) is 5.56 Å². The van der Waals surface area contributed by atoms with Crippen LogP contribution in [0.15, 0.2) is 112 Å². The quantitative estimate of drug-likeness (QED) is 0.225. The van der Waals surface area contributed by atoms with Gasteiger partial charge < -0.3 is 13.4 Å². The largest absolute Gasteiger partial charge is 0.460 e. The van der Waals surface area contributed by atoms with E-state index in [9.17, 15) is 5.26 Å². The molecule has 3 aromatic heterocycles. The van der Waals surface area contributed by atoms with Crippen molar-refractivity contribution >= 4 is 60.8 Å². The van der Waals surface area contributed by atoms with Crippen LogP contribution in [-0.2, 0) is 6.42 Å². The summed E-state index contributed by atoms with van der Waals surface area (Å²) in [6, 6.07) is 35.6. The summed E-state index contributed by atoms with van der Waals surface area (Å²) >= 11 is 0. The Labute approximate surface area is 234 Å². The fraction of sp³-hybridized carbons (Fsp3) is 0.0541. The molecule has 0 aliphatic heterocycles. The van der Waals surface area contributed by atoms with Gasteiger partial charge in [-0.1, -0.05) is 78.9 Å². The summed E-state index contributed by atoms with van der Waals surface area (Å²) in [4.78, 5) is 0. The van der Waals surface area contributed by atoms with Crippen molar-refractivity contribution in [3.8, 4) is 22.9 Å². The van der Waals surface area contributed by atoms with E-state index < -0.39 is 0 Å². The lowest BCUT2D eigenvalue weighted by Gasteiger charge is -2.09. The van der Waals surface area contributed by atoms with Gasteiger partial charge in [0.25, 0.3) is 0 Å². The van der Waals surface area contributed by atoms with E-state index in [0.29, 0.717) is 5.56 Å². The van der Waals surface area contributed by atoms with E-state index in [1.807, 2.05) is 24.3 Å². The summed E-state index contributed by atoms with van der Waals surface area (Å²) in [5, 5.41) is 15.2. The van der Waals surface area contributed by atoms with E-state index in [1.54, 1.807) is 0 Å². The van der Waals surface area contributed by atoms with Gasteiger partial charge in [-0.15, -0.1) is 0 Å². The fourth-order valence-corrected chi connectivity index (χ4v) is 6.72. The smallest absolute Gasteiger partial charge is 0.159 e. The van der Waals surface area contributed by atoms with Gasteiger partial charge in [-0.25, -0.2) is 0 Å². The predicted molar refractivity (Wildman–Crippen MR) is 165 cm³/mol. The summed E-state index contributed by atoms with van der Waals surface area (Å²) in [5.41, 5.74) is 9.56. The van der Waals surface area contributed by atoms with Gasteiger partial charge in [0.2, 0.25) is 0 Å². The number of furan rings is 2. The van der Waals surface area contributed by atoms with Gasteiger partial charge in [-0.05, 0) is 42.3 Å². The van der Waals surface area contributed by atoms with Crippen molar-refractivity contribution in [3.63, 3.8) is 0 Å². The maximum absolute atomic E-state index is 9.68. The zero-order valence-electron chi connectivity index (χ0n) is 22.0. The van der Waals surface area contributed by atoms with Crippen LogP contribution >= 0.6 is 0 Å². The van der Waals surface area contributed by atoms with Crippen molar-refractivity contribution in [3.05, 3.63) is 120 Å². The second-order valence-corrected chi connectivity index (χ2v) is 10.7. The second kappa shape index (κ2) is 8.24. The van der Waals surface area contributed by atoms with Crippen molar-refractivity contribution in [2.45, 2.75) is 12.8 Å². The zero-order valence-corrected chi connectivity index (χ0v) is 22.0. The minimum absolute atomic E-state index is 0.629. The summed E-state index contributed by atoms with van der Waals surface area (Å²) in [6.07, 6.45) is 6.35. The van der Waals surface area contributed by atoms with Crippen LogP contribution in [0.25, 0.3) is 77.6 Å². The lowest BCUT2D eigenvalue weighted by Crippen LogP contribution is -1.94. The van der Waals surface area contributed by atoms with E-state index >= 15 is 0 Å². The Kier molecular flexibility index (Phi) is 4.48. The highest BCUT2D eigenvalue weighted by molar-refractivity contribution is 6.17. The molecule has 0 unspecified atom stereocenters. The number of fused-ring (bicyclic) bond motifs is 9. The third-order valence-corrected chi connectivity index (χ3v) is 8.49. The molecule has 9 rings (SSSR count). The highest BCUT2D eigenvalue weighted by Crippen LogP contribution is 2.44. The van der Waals surface area contributed by atoms with Gasteiger partial charge in [-0.3, -0.25) is 0 Å². The topological polar surface area (TPSA) is 55.0 Å². The molecule has 5 aromatic carbocycles. The van der Waals surface area contributed by atoms with Crippen molar-refractivity contribution in [2.75, 3.05) is 0 Å². The first-order valence-corrected chi connectivity index (χ1v) is 13.9. The van der Waals surface area contributed by atoms with Gasteiger partial charge >= 0.3 is 0 Å². The Hall–Kier alpha value is -5.53. The molecule has 3 heterocycles. The Morgan fingerprint density at radius 3 is 2.44 bits per heavy atom. The number of para-hydroxylation sites is 3. The van der Waals surface area contributed by atoms with Crippen LogP contribution in [0.4, 0.5) is 0 Å². The summed E-state index contributed by atoms with van der Waals surface area (Å²) in [5.74, 6) is 1.06. The number of nitriles is 1. The number of hydrogen-bond acceptors (Lipinski definition) is 3. The highest BCUT2D eigenvalue weighted by Gasteiger charge is 2.22. The number of nitrogens with zero attached hydrogens (tertiary/aromatic N) is 2. The fourth-order valence-electron chi connectivity index (χ4n) is 6.72. The first kappa shape index (κ1) is 22.3. The van der Waals surface area contributed by atoms with Crippen LogP contribution in [0.3, 0.4) is 0 Å². The summed E-state index contributed by atoms with van der Waals surface area (Å²) < 4.78 is 15.4.